The van der Waals surface area contributed by atoms with Crippen molar-refractivity contribution in [1.82, 2.24) is 9.97 Å². The monoisotopic (exact) mass is 399 g/mol. The van der Waals surface area contributed by atoms with Gasteiger partial charge in [-0.1, -0.05) is 22.0 Å². The van der Waals surface area contributed by atoms with E-state index in [0.29, 0.717) is 6.42 Å². The number of hydrogen-bond acceptors (Lipinski definition) is 4. The molecule has 0 spiro atoms. The van der Waals surface area contributed by atoms with Gasteiger partial charge in [0.2, 0.25) is 5.91 Å². The SMILES string of the molecule is O=C(Cc1csc(-c2ccccn2)n1)N1CCc2cc(Br)ccc21. The highest BCUT2D eigenvalue weighted by molar-refractivity contribution is 9.10. The highest BCUT2D eigenvalue weighted by Crippen LogP contribution is 2.31. The zero-order valence-corrected chi connectivity index (χ0v) is 15.2. The number of aromatic nitrogens is 2. The Kier molecular flexibility index (Phi) is 4.16. The maximum absolute atomic E-state index is 12.7. The summed E-state index contributed by atoms with van der Waals surface area (Å²) in [5.74, 6) is 0.0916. The first-order valence-electron chi connectivity index (χ1n) is 7.65. The van der Waals surface area contributed by atoms with Gasteiger partial charge in [0.25, 0.3) is 0 Å². The van der Waals surface area contributed by atoms with E-state index < -0.39 is 0 Å². The Balaban J connectivity index is 1.51. The van der Waals surface area contributed by atoms with Crippen LogP contribution >= 0.6 is 27.3 Å². The molecule has 4 nitrogen and oxygen atoms in total. The quantitative estimate of drug-likeness (QED) is 0.665. The summed E-state index contributed by atoms with van der Waals surface area (Å²) < 4.78 is 1.05. The Bertz CT molecular complexity index is 894. The molecule has 0 radical (unpaired) electrons. The summed E-state index contributed by atoms with van der Waals surface area (Å²) in [5.41, 5.74) is 3.88. The van der Waals surface area contributed by atoms with Crippen molar-refractivity contribution in [2.45, 2.75) is 12.8 Å². The first-order valence-corrected chi connectivity index (χ1v) is 9.32. The lowest BCUT2D eigenvalue weighted by molar-refractivity contribution is -0.117. The van der Waals surface area contributed by atoms with Gasteiger partial charge >= 0.3 is 0 Å². The summed E-state index contributed by atoms with van der Waals surface area (Å²) in [4.78, 5) is 23.4. The van der Waals surface area contributed by atoms with Crippen molar-refractivity contribution < 1.29 is 4.79 Å². The van der Waals surface area contributed by atoms with Gasteiger partial charge in [-0.25, -0.2) is 4.98 Å². The molecule has 2 aromatic heterocycles. The lowest BCUT2D eigenvalue weighted by atomic mass is 10.2. The Morgan fingerprint density at radius 2 is 2.21 bits per heavy atom. The third-order valence-corrected chi connectivity index (χ3v) is 5.41. The molecule has 0 saturated carbocycles. The zero-order chi connectivity index (χ0) is 16.5. The molecule has 4 rings (SSSR count). The minimum Gasteiger partial charge on any atom is -0.311 e. The van der Waals surface area contributed by atoms with Crippen LogP contribution in [0.25, 0.3) is 10.7 Å². The van der Waals surface area contributed by atoms with E-state index in [0.717, 1.165) is 39.5 Å². The number of fused-ring (bicyclic) bond motifs is 1. The van der Waals surface area contributed by atoms with Gasteiger partial charge in [-0.15, -0.1) is 11.3 Å². The van der Waals surface area contributed by atoms with Crippen molar-refractivity contribution in [2.24, 2.45) is 0 Å². The molecule has 120 valence electrons. The van der Waals surface area contributed by atoms with E-state index in [4.69, 9.17) is 0 Å². The molecular formula is C18H14BrN3OS. The van der Waals surface area contributed by atoms with E-state index in [1.54, 1.807) is 6.20 Å². The molecule has 0 fully saturated rings. The first-order chi connectivity index (χ1) is 11.7. The van der Waals surface area contributed by atoms with Crippen LogP contribution in [0.5, 0.6) is 0 Å². The minimum absolute atomic E-state index is 0.0916. The number of pyridine rings is 1. The molecule has 1 amide bonds. The number of carbonyl (C=O) groups is 1. The van der Waals surface area contributed by atoms with Gasteiger partial charge in [0.15, 0.2) is 0 Å². The van der Waals surface area contributed by atoms with Crippen LogP contribution < -0.4 is 4.90 Å². The molecule has 1 aromatic carbocycles. The van der Waals surface area contributed by atoms with Crippen LogP contribution in [0.4, 0.5) is 5.69 Å². The Morgan fingerprint density at radius 3 is 3.04 bits per heavy atom. The number of carbonyl (C=O) groups excluding carboxylic acids is 1. The molecule has 24 heavy (non-hydrogen) atoms. The summed E-state index contributed by atoms with van der Waals surface area (Å²) >= 11 is 5.01. The van der Waals surface area contributed by atoms with Crippen molar-refractivity contribution in [1.29, 1.82) is 0 Å². The molecule has 0 N–H and O–H groups in total. The fourth-order valence-corrected chi connectivity index (χ4v) is 4.08. The Hall–Kier alpha value is -2.05. The third kappa shape index (κ3) is 2.99. The van der Waals surface area contributed by atoms with E-state index in [9.17, 15) is 4.79 Å². The van der Waals surface area contributed by atoms with Crippen LogP contribution in [0, 0.1) is 0 Å². The molecule has 1 aliphatic heterocycles. The Labute approximate surface area is 152 Å². The minimum atomic E-state index is 0.0916. The highest BCUT2D eigenvalue weighted by Gasteiger charge is 2.25. The van der Waals surface area contributed by atoms with Crippen LogP contribution in [-0.2, 0) is 17.6 Å². The van der Waals surface area contributed by atoms with Gasteiger partial charge in [-0.2, -0.15) is 0 Å². The molecule has 0 saturated heterocycles. The molecule has 0 aliphatic carbocycles. The van der Waals surface area contributed by atoms with Gasteiger partial charge in [-0.3, -0.25) is 9.78 Å². The summed E-state index contributed by atoms with van der Waals surface area (Å²) in [7, 11) is 0. The maximum atomic E-state index is 12.7. The Morgan fingerprint density at radius 1 is 1.29 bits per heavy atom. The van der Waals surface area contributed by atoms with E-state index in [-0.39, 0.29) is 5.91 Å². The number of rotatable bonds is 3. The van der Waals surface area contributed by atoms with Crippen molar-refractivity contribution in [3.05, 3.63) is 63.7 Å². The fraction of sp³-hybridized carbons (Fsp3) is 0.167. The number of benzene rings is 1. The average molecular weight is 400 g/mol. The lowest BCUT2D eigenvalue weighted by Gasteiger charge is -2.16. The van der Waals surface area contributed by atoms with Crippen molar-refractivity contribution in [2.75, 3.05) is 11.4 Å². The maximum Gasteiger partial charge on any atom is 0.233 e. The predicted octanol–water partition coefficient (Wildman–Crippen LogP) is 4.10. The number of amides is 1. The van der Waals surface area contributed by atoms with Crippen molar-refractivity contribution in [3.8, 4) is 10.7 Å². The molecular weight excluding hydrogens is 386 g/mol. The largest absolute Gasteiger partial charge is 0.311 e. The topological polar surface area (TPSA) is 46.1 Å². The molecule has 3 heterocycles. The van der Waals surface area contributed by atoms with Crippen LogP contribution in [-0.4, -0.2) is 22.4 Å². The van der Waals surface area contributed by atoms with E-state index in [1.165, 1.54) is 16.9 Å². The van der Waals surface area contributed by atoms with E-state index in [2.05, 4.69) is 32.0 Å². The van der Waals surface area contributed by atoms with E-state index >= 15 is 0 Å². The molecule has 0 unspecified atom stereocenters. The zero-order valence-electron chi connectivity index (χ0n) is 12.8. The fourth-order valence-electron chi connectivity index (χ4n) is 2.87. The summed E-state index contributed by atoms with van der Waals surface area (Å²) in [6, 6.07) is 11.8. The van der Waals surface area contributed by atoms with Crippen LogP contribution in [0.15, 0.2) is 52.4 Å². The van der Waals surface area contributed by atoms with E-state index in [1.807, 2.05) is 40.6 Å². The van der Waals surface area contributed by atoms with Gasteiger partial charge in [0.05, 0.1) is 17.8 Å². The summed E-state index contributed by atoms with van der Waals surface area (Å²) in [6.45, 7) is 0.738. The normalized spacial score (nSPS) is 13.1. The number of nitrogens with zero attached hydrogens (tertiary/aromatic N) is 3. The third-order valence-electron chi connectivity index (χ3n) is 4.01. The van der Waals surface area contributed by atoms with Gasteiger partial charge in [0, 0.05) is 28.3 Å². The number of anilines is 1. The van der Waals surface area contributed by atoms with Crippen LogP contribution in [0.3, 0.4) is 0 Å². The first kappa shape index (κ1) is 15.5. The highest BCUT2D eigenvalue weighted by atomic mass is 79.9. The molecule has 1 aliphatic rings. The van der Waals surface area contributed by atoms with Gasteiger partial charge < -0.3 is 4.90 Å². The summed E-state index contributed by atoms with van der Waals surface area (Å²) in [6.07, 6.45) is 2.97. The molecule has 6 heteroatoms. The molecule has 3 aromatic rings. The second-order valence-corrected chi connectivity index (χ2v) is 7.38. The van der Waals surface area contributed by atoms with Gasteiger partial charge in [0.1, 0.15) is 5.01 Å². The second-order valence-electron chi connectivity index (χ2n) is 5.60. The number of halogens is 1. The van der Waals surface area contributed by atoms with Gasteiger partial charge in [-0.05, 0) is 42.3 Å². The smallest absolute Gasteiger partial charge is 0.233 e. The van der Waals surface area contributed by atoms with Crippen LogP contribution in [0.1, 0.15) is 11.3 Å². The molecule has 0 bridgehead atoms. The van der Waals surface area contributed by atoms with Crippen molar-refractivity contribution >= 4 is 38.9 Å². The molecule has 0 atom stereocenters. The van der Waals surface area contributed by atoms with Crippen molar-refractivity contribution in [3.63, 3.8) is 0 Å². The predicted molar refractivity (Wildman–Crippen MR) is 99.2 cm³/mol. The second kappa shape index (κ2) is 6.45. The average Bonchev–Trinajstić information content (AvgIpc) is 3.22. The standard InChI is InChI=1S/C18H14BrN3OS/c19-13-4-5-16-12(9-13)6-8-22(16)17(23)10-14-11-24-18(21-14)15-3-1-2-7-20-15/h1-5,7,9,11H,6,8,10H2. The van der Waals surface area contributed by atoms with Crippen LogP contribution in [0.2, 0.25) is 0 Å². The number of thiazole rings is 1. The number of hydrogen-bond donors (Lipinski definition) is 0. The lowest BCUT2D eigenvalue weighted by Crippen LogP contribution is -2.30. The summed E-state index contributed by atoms with van der Waals surface area (Å²) in [5, 5.41) is 2.80.